The normalized spacial score (nSPS) is 17.0. The summed E-state index contributed by atoms with van der Waals surface area (Å²) in [6.07, 6.45) is 2.64. The van der Waals surface area contributed by atoms with Crippen molar-refractivity contribution in [2.75, 3.05) is 13.1 Å². The zero-order valence-corrected chi connectivity index (χ0v) is 12.6. The van der Waals surface area contributed by atoms with Gasteiger partial charge in [-0.25, -0.2) is 0 Å². The summed E-state index contributed by atoms with van der Waals surface area (Å²) in [6, 6.07) is 17.4. The van der Waals surface area contributed by atoms with E-state index in [0.29, 0.717) is 6.04 Å². The van der Waals surface area contributed by atoms with Crippen molar-refractivity contribution in [3.63, 3.8) is 0 Å². The zero-order chi connectivity index (χ0) is 14.7. The molecule has 21 heavy (non-hydrogen) atoms. The summed E-state index contributed by atoms with van der Waals surface area (Å²) in [5.41, 5.74) is 4.75. The summed E-state index contributed by atoms with van der Waals surface area (Å²) in [5, 5.41) is 9.29. The van der Waals surface area contributed by atoms with E-state index < -0.39 is 0 Å². The van der Waals surface area contributed by atoms with Crippen LogP contribution in [-0.4, -0.2) is 23.1 Å². The summed E-state index contributed by atoms with van der Waals surface area (Å²) in [6.45, 7) is 4.82. The fourth-order valence-electron chi connectivity index (χ4n) is 3.17. The van der Waals surface area contributed by atoms with Gasteiger partial charge in [0.2, 0.25) is 0 Å². The third kappa shape index (κ3) is 3.17. The molecule has 1 heterocycles. The molecule has 0 radical (unpaired) electrons. The maximum absolute atomic E-state index is 9.29. The molecule has 0 saturated carbocycles. The molecule has 1 saturated heterocycles. The monoisotopic (exact) mass is 281 g/mol. The summed E-state index contributed by atoms with van der Waals surface area (Å²) in [7, 11) is 0. The highest BCUT2D eigenvalue weighted by atomic mass is 16.3. The molecule has 0 aromatic heterocycles. The summed E-state index contributed by atoms with van der Waals surface area (Å²) >= 11 is 0. The van der Waals surface area contributed by atoms with Crippen molar-refractivity contribution in [3.8, 4) is 11.1 Å². The van der Waals surface area contributed by atoms with Crippen LogP contribution in [0.4, 0.5) is 0 Å². The van der Waals surface area contributed by atoms with Gasteiger partial charge < -0.3 is 5.11 Å². The Morgan fingerprint density at radius 2 is 1.67 bits per heavy atom. The quantitative estimate of drug-likeness (QED) is 0.915. The summed E-state index contributed by atoms with van der Waals surface area (Å²) < 4.78 is 0. The molecule has 1 fully saturated rings. The predicted molar refractivity (Wildman–Crippen MR) is 87.0 cm³/mol. The second-order valence-corrected chi connectivity index (χ2v) is 5.90. The van der Waals surface area contributed by atoms with Gasteiger partial charge in [0.25, 0.3) is 0 Å². The Balaban J connectivity index is 1.88. The van der Waals surface area contributed by atoms with E-state index >= 15 is 0 Å². The van der Waals surface area contributed by atoms with Crippen LogP contribution in [0.15, 0.2) is 48.5 Å². The maximum Gasteiger partial charge on any atom is 0.0682 e. The first-order valence-electron chi connectivity index (χ1n) is 7.82. The molecule has 110 valence electrons. The molecule has 0 aliphatic carbocycles. The topological polar surface area (TPSA) is 23.5 Å². The number of aliphatic hydroxyl groups is 1. The van der Waals surface area contributed by atoms with Gasteiger partial charge in [-0.05, 0) is 67.2 Å². The van der Waals surface area contributed by atoms with Crippen LogP contribution in [0.25, 0.3) is 11.1 Å². The molecule has 1 aliphatic heterocycles. The first kappa shape index (κ1) is 14.3. The van der Waals surface area contributed by atoms with Crippen LogP contribution >= 0.6 is 0 Å². The van der Waals surface area contributed by atoms with Gasteiger partial charge >= 0.3 is 0 Å². The highest BCUT2D eigenvalue weighted by Crippen LogP contribution is 2.28. The number of hydrogen-bond acceptors (Lipinski definition) is 2. The predicted octanol–water partition coefficient (Wildman–Crippen LogP) is 4.00. The Bertz CT molecular complexity index is 602. The number of nitrogens with zero attached hydrogens (tertiary/aromatic N) is 1. The lowest BCUT2D eigenvalue weighted by molar-refractivity contribution is 0.263. The molecule has 0 bridgehead atoms. The molecule has 1 aliphatic rings. The van der Waals surface area contributed by atoms with Crippen molar-refractivity contribution in [2.45, 2.75) is 32.4 Å². The largest absolute Gasteiger partial charge is 0.392 e. The molecule has 1 N–H and O–H groups in total. The molecule has 3 rings (SSSR count). The zero-order valence-electron chi connectivity index (χ0n) is 12.6. The number of aliphatic hydroxyl groups excluding tert-OH is 1. The molecule has 2 nitrogen and oxygen atoms in total. The Morgan fingerprint density at radius 1 is 1.00 bits per heavy atom. The van der Waals surface area contributed by atoms with Crippen LogP contribution in [0.1, 0.15) is 36.9 Å². The van der Waals surface area contributed by atoms with Crippen LogP contribution in [0.2, 0.25) is 0 Å². The van der Waals surface area contributed by atoms with Crippen molar-refractivity contribution < 1.29 is 5.11 Å². The molecule has 0 spiro atoms. The van der Waals surface area contributed by atoms with E-state index in [1.54, 1.807) is 0 Å². The van der Waals surface area contributed by atoms with Crippen LogP contribution in [-0.2, 0) is 6.61 Å². The van der Waals surface area contributed by atoms with E-state index in [1.807, 2.05) is 12.1 Å². The first-order valence-corrected chi connectivity index (χ1v) is 7.82. The lowest BCUT2D eigenvalue weighted by atomic mass is 9.98. The van der Waals surface area contributed by atoms with E-state index in [9.17, 15) is 5.11 Å². The Morgan fingerprint density at radius 3 is 2.38 bits per heavy atom. The average Bonchev–Trinajstić information content (AvgIpc) is 3.09. The fraction of sp³-hybridized carbons (Fsp3) is 0.368. The van der Waals surface area contributed by atoms with Gasteiger partial charge in [0.1, 0.15) is 0 Å². The standard InChI is InChI=1S/C19H23NO/c1-15(20-10-2-3-11-20)17-7-5-9-19(13-17)18-8-4-6-16(12-18)14-21/h4-9,12-13,15,21H,2-3,10-11,14H2,1H3. The van der Waals surface area contributed by atoms with Gasteiger partial charge in [0.15, 0.2) is 0 Å². The SMILES string of the molecule is CC(c1cccc(-c2cccc(CO)c2)c1)N1CCCC1. The van der Waals surface area contributed by atoms with Crippen molar-refractivity contribution >= 4 is 0 Å². The van der Waals surface area contributed by atoms with Gasteiger partial charge in [0, 0.05) is 6.04 Å². The molecular formula is C19H23NO. The third-order valence-corrected chi connectivity index (χ3v) is 4.50. The lowest BCUT2D eigenvalue weighted by Gasteiger charge is -2.24. The second kappa shape index (κ2) is 6.42. The minimum absolute atomic E-state index is 0.0950. The number of benzene rings is 2. The molecule has 1 atom stereocenters. The highest BCUT2D eigenvalue weighted by Gasteiger charge is 2.19. The molecule has 2 aromatic rings. The molecule has 2 aromatic carbocycles. The fourth-order valence-corrected chi connectivity index (χ4v) is 3.17. The first-order chi connectivity index (χ1) is 10.3. The van der Waals surface area contributed by atoms with Crippen LogP contribution in [0, 0.1) is 0 Å². The molecule has 1 unspecified atom stereocenters. The molecular weight excluding hydrogens is 258 g/mol. The van der Waals surface area contributed by atoms with E-state index in [4.69, 9.17) is 0 Å². The van der Waals surface area contributed by atoms with Gasteiger partial charge in [-0.15, -0.1) is 0 Å². The molecule has 2 heteroatoms. The van der Waals surface area contributed by atoms with E-state index in [2.05, 4.69) is 48.2 Å². The van der Waals surface area contributed by atoms with E-state index in [1.165, 1.54) is 42.6 Å². The van der Waals surface area contributed by atoms with E-state index in [0.717, 1.165) is 5.56 Å². The summed E-state index contributed by atoms with van der Waals surface area (Å²) in [4.78, 5) is 2.56. The second-order valence-electron chi connectivity index (χ2n) is 5.90. The Labute approximate surface area is 127 Å². The van der Waals surface area contributed by atoms with Gasteiger partial charge in [-0.1, -0.05) is 36.4 Å². The van der Waals surface area contributed by atoms with Crippen LogP contribution < -0.4 is 0 Å². The van der Waals surface area contributed by atoms with Gasteiger partial charge in [-0.3, -0.25) is 4.90 Å². The van der Waals surface area contributed by atoms with Crippen LogP contribution in [0.3, 0.4) is 0 Å². The maximum atomic E-state index is 9.29. The minimum atomic E-state index is 0.0950. The average molecular weight is 281 g/mol. The lowest BCUT2D eigenvalue weighted by Crippen LogP contribution is -2.23. The smallest absolute Gasteiger partial charge is 0.0682 e. The van der Waals surface area contributed by atoms with Crippen molar-refractivity contribution in [1.82, 2.24) is 4.90 Å². The van der Waals surface area contributed by atoms with E-state index in [-0.39, 0.29) is 6.61 Å². The van der Waals surface area contributed by atoms with Crippen molar-refractivity contribution in [2.24, 2.45) is 0 Å². The molecule has 0 amide bonds. The van der Waals surface area contributed by atoms with Gasteiger partial charge in [0.05, 0.1) is 6.61 Å². The number of likely N-dealkylation sites (tertiary alicyclic amines) is 1. The van der Waals surface area contributed by atoms with Crippen LogP contribution in [0.5, 0.6) is 0 Å². The summed E-state index contributed by atoms with van der Waals surface area (Å²) in [5.74, 6) is 0. The third-order valence-electron chi connectivity index (χ3n) is 4.50. The number of hydrogen-bond donors (Lipinski definition) is 1. The Kier molecular flexibility index (Phi) is 4.37. The van der Waals surface area contributed by atoms with Crippen molar-refractivity contribution in [3.05, 3.63) is 59.7 Å². The minimum Gasteiger partial charge on any atom is -0.392 e. The highest BCUT2D eigenvalue weighted by molar-refractivity contribution is 5.65. The Hall–Kier alpha value is -1.64. The number of rotatable bonds is 4. The van der Waals surface area contributed by atoms with Gasteiger partial charge in [-0.2, -0.15) is 0 Å². The van der Waals surface area contributed by atoms with Crippen molar-refractivity contribution in [1.29, 1.82) is 0 Å².